The van der Waals surface area contributed by atoms with E-state index < -0.39 is 0 Å². The molecule has 1 aliphatic carbocycles. The Balaban J connectivity index is 1.40. The summed E-state index contributed by atoms with van der Waals surface area (Å²) in [6, 6.07) is 26.6. The lowest BCUT2D eigenvalue weighted by Gasteiger charge is -2.31. The minimum absolute atomic E-state index is 0.0767. The molecule has 1 aliphatic heterocycles. The van der Waals surface area contributed by atoms with Crippen LogP contribution in [0.2, 0.25) is 0 Å². The molecule has 1 aromatic heterocycles. The minimum atomic E-state index is -0.314. The Morgan fingerprint density at radius 2 is 1.84 bits per heavy atom. The van der Waals surface area contributed by atoms with E-state index in [0.29, 0.717) is 20.6 Å². The lowest BCUT2D eigenvalue weighted by Crippen LogP contribution is -2.38. The molecular formula is C35H25FI2N2O3S. The van der Waals surface area contributed by atoms with Gasteiger partial charge in [0.1, 0.15) is 23.9 Å². The molecule has 220 valence electrons. The zero-order valence-electron chi connectivity index (χ0n) is 23.5. The number of hydrogen-bond donors (Lipinski definition) is 0. The highest BCUT2D eigenvalue weighted by molar-refractivity contribution is 14.1. The number of methoxy groups -OCH3 is 1. The average Bonchev–Trinajstić information content (AvgIpc) is 3.34. The molecule has 0 fully saturated rings. The van der Waals surface area contributed by atoms with Crippen molar-refractivity contribution in [2.24, 2.45) is 4.99 Å². The van der Waals surface area contributed by atoms with Crippen molar-refractivity contribution in [2.75, 3.05) is 7.11 Å². The van der Waals surface area contributed by atoms with Gasteiger partial charge in [-0.25, -0.2) is 9.38 Å². The number of halogens is 3. The molecule has 4 aromatic carbocycles. The van der Waals surface area contributed by atoms with Gasteiger partial charge in [0, 0.05) is 20.3 Å². The van der Waals surface area contributed by atoms with Crippen molar-refractivity contribution >= 4 is 68.3 Å². The van der Waals surface area contributed by atoms with Gasteiger partial charge in [-0.2, -0.15) is 0 Å². The van der Waals surface area contributed by atoms with Crippen LogP contribution in [-0.4, -0.2) is 11.7 Å². The maximum absolute atomic E-state index is 14.4. The number of rotatable bonds is 6. The monoisotopic (exact) mass is 826 g/mol. The Labute approximate surface area is 284 Å². The third-order valence-corrected chi connectivity index (χ3v) is 10.3. The zero-order chi connectivity index (χ0) is 30.4. The van der Waals surface area contributed by atoms with Gasteiger partial charge in [0.15, 0.2) is 4.80 Å². The molecule has 0 saturated carbocycles. The van der Waals surface area contributed by atoms with Gasteiger partial charge in [0.05, 0.1) is 27.0 Å². The van der Waals surface area contributed by atoms with Crippen LogP contribution in [0, 0.1) is 13.0 Å². The molecular weight excluding hydrogens is 801 g/mol. The number of fused-ring (bicyclic) bond motifs is 3. The quantitative estimate of drug-likeness (QED) is 0.170. The van der Waals surface area contributed by atoms with Crippen LogP contribution in [0.5, 0.6) is 11.5 Å². The second kappa shape index (κ2) is 12.2. The largest absolute Gasteiger partial charge is 0.497 e. The molecule has 0 spiro atoms. The first-order chi connectivity index (χ1) is 21.4. The van der Waals surface area contributed by atoms with Crippen LogP contribution < -0.4 is 24.4 Å². The fourth-order valence-electron chi connectivity index (χ4n) is 5.88. The molecule has 0 saturated heterocycles. The Bertz CT molecular complexity index is 2150. The molecule has 0 unspecified atom stereocenters. The van der Waals surface area contributed by atoms with Crippen LogP contribution in [0.1, 0.15) is 40.3 Å². The van der Waals surface area contributed by atoms with Gasteiger partial charge in [-0.1, -0.05) is 65.9 Å². The average molecular weight is 826 g/mol. The highest BCUT2D eigenvalue weighted by atomic mass is 127. The number of hydrogen-bond acceptors (Lipinski definition) is 5. The standard InChI is InChI=1S/C35H25FI2N2O3S/c1-42-25-10-6-9-21(16-25)32-27-14-13-20-7-2-4-11-26(20)31(27)39-35-40(32)34(41)30(44-35)17-23-15-24(37)18-29(38)33(23)43-19-22-8-3-5-12-28(22)36/h2-12,15-18,32H,13-14,19H2,1H3/b30-17+/t32-/m1/s1. The minimum Gasteiger partial charge on any atom is -0.497 e. The first-order valence-electron chi connectivity index (χ1n) is 14.0. The number of allylic oxidation sites excluding steroid dienone is 1. The molecule has 9 heteroatoms. The normalized spacial score (nSPS) is 15.7. The Morgan fingerprint density at radius 1 is 1.02 bits per heavy atom. The van der Waals surface area contributed by atoms with Crippen molar-refractivity contribution in [3.63, 3.8) is 0 Å². The van der Waals surface area contributed by atoms with Gasteiger partial charge in [0.2, 0.25) is 0 Å². The van der Waals surface area contributed by atoms with E-state index in [1.807, 2.05) is 47.0 Å². The van der Waals surface area contributed by atoms with Crippen LogP contribution in [-0.2, 0) is 13.0 Å². The first-order valence-corrected chi connectivity index (χ1v) is 17.0. The Morgan fingerprint density at radius 3 is 2.68 bits per heavy atom. The SMILES string of the molecule is COc1cccc([C@@H]2C3=C(N=c4s/c(=C/c5cc(I)cc(I)c5OCc5ccccc5F)c(=O)n42)c2ccccc2CC3)c1. The number of nitrogens with zero attached hydrogens (tertiary/aromatic N) is 2. The van der Waals surface area contributed by atoms with Crippen LogP contribution in [0.15, 0.2) is 100 Å². The van der Waals surface area contributed by atoms with E-state index in [9.17, 15) is 9.18 Å². The van der Waals surface area contributed by atoms with E-state index in [2.05, 4.69) is 69.4 Å². The van der Waals surface area contributed by atoms with E-state index in [1.165, 1.54) is 23.0 Å². The van der Waals surface area contributed by atoms with Crippen molar-refractivity contribution < 1.29 is 13.9 Å². The summed E-state index contributed by atoms with van der Waals surface area (Å²) in [7, 11) is 1.65. The molecule has 0 bridgehead atoms. The zero-order valence-corrected chi connectivity index (χ0v) is 28.7. The van der Waals surface area contributed by atoms with Gasteiger partial charge in [-0.05, 0) is 111 Å². The molecule has 7 rings (SSSR count). The predicted molar refractivity (Wildman–Crippen MR) is 188 cm³/mol. The summed E-state index contributed by atoms with van der Waals surface area (Å²) in [5.41, 5.74) is 6.57. The number of aryl methyl sites for hydroxylation is 1. The summed E-state index contributed by atoms with van der Waals surface area (Å²) in [6.07, 6.45) is 3.58. The van der Waals surface area contributed by atoms with Gasteiger partial charge < -0.3 is 9.47 Å². The van der Waals surface area contributed by atoms with Crippen LogP contribution in [0.25, 0.3) is 11.8 Å². The summed E-state index contributed by atoms with van der Waals surface area (Å²) in [5, 5.41) is 0. The summed E-state index contributed by atoms with van der Waals surface area (Å²) in [4.78, 5) is 20.1. The summed E-state index contributed by atoms with van der Waals surface area (Å²) in [6.45, 7) is 0.0767. The smallest absolute Gasteiger partial charge is 0.271 e. The highest BCUT2D eigenvalue weighted by Crippen LogP contribution is 2.41. The van der Waals surface area contributed by atoms with Crippen molar-refractivity contribution in [2.45, 2.75) is 25.5 Å². The van der Waals surface area contributed by atoms with Gasteiger partial charge in [-0.3, -0.25) is 9.36 Å². The fraction of sp³-hybridized carbons (Fsp3) is 0.143. The van der Waals surface area contributed by atoms with E-state index in [0.717, 1.165) is 53.7 Å². The molecule has 5 nitrogen and oxygen atoms in total. The Kier molecular flexibility index (Phi) is 8.19. The molecule has 0 N–H and O–H groups in total. The number of benzene rings is 4. The molecule has 1 atom stereocenters. The molecule has 2 heterocycles. The van der Waals surface area contributed by atoms with Crippen LogP contribution in [0.4, 0.5) is 4.39 Å². The van der Waals surface area contributed by atoms with Crippen molar-refractivity contribution in [1.29, 1.82) is 0 Å². The number of ether oxygens (including phenoxy) is 2. The molecule has 0 amide bonds. The van der Waals surface area contributed by atoms with Gasteiger partial charge in [-0.15, -0.1) is 0 Å². The summed E-state index contributed by atoms with van der Waals surface area (Å²) in [5.74, 6) is 1.04. The van der Waals surface area contributed by atoms with E-state index in [4.69, 9.17) is 14.5 Å². The second-order valence-corrected chi connectivity index (χ2v) is 14.0. The second-order valence-electron chi connectivity index (χ2n) is 10.6. The topological polar surface area (TPSA) is 52.8 Å². The van der Waals surface area contributed by atoms with Gasteiger partial charge >= 0.3 is 0 Å². The third kappa shape index (κ3) is 5.43. The summed E-state index contributed by atoms with van der Waals surface area (Å²) >= 11 is 5.87. The first kappa shape index (κ1) is 29.4. The summed E-state index contributed by atoms with van der Waals surface area (Å²) < 4.78 is 30.4. The third-order valence-electron chi connectivity index (χ3n) is 7.94. The molecule has 5 aromatic rings. The van der Waals surface area contributed by atoms with Crippen LogP contribution >= 0.6 is 56.5 Å². The highest BCUT2D eigenvalue weighted by Gasteiger charge is 2.32. The molecule has 0 radical (unpaired) electrons. The van der Waals surface area contributed by atoms with Crippen molar-refractivity contribution in [3.05, 3.63) is 151 Å². The van der Waals surface area contributed by atoms with Crippen molar-refractivity contribution in [3.8, 4) is 11.5 Å². The molecule has 44 heavy (non-hydrogen) atoms. The maximum Gasteiger partial charge on any atom is 0.271 e. The van der Waals surface area contributed by atoms with Crippen molar-refractivity contribution in [1.82, 2.24) is 4.57 Å². The van der Waals surface area contributed by atoms with E-state index in [1.54, 1.807) is 25.3 Å². The maximum atomic E-state index is 14.4. The lowest BCUT2D eigenvalue weighted by molar-refractivity contribution is 0.297. The molecule has 2 aliphatic rings. The fourth-order valence-corrected chi connectivity index (χ4v) is 8.92. The number of aromatic nitrogens is 1. The number of thiazole rings is 1. The van der Waals surface area contributed by atoms with E-state index in [-0.39, 0.29) is 24.0 Å². The van der Waals surface area contributed by atoms with Crippen LogP contribution in [0.3, 0.4) is 0 Å². The van der Waals surface area contributed by atoms with Gasteiger partial charge in [0.25, 0.3) is 5.56 Å². The lowest BCUT2D eigenvalue weighted by atomic mass is 9.83. The predicted octanol–water partition coefficient (Wildman–Crippen LogP) is 7.25. The Hall–Kier alpha value is -3.29. The van der Waals surface area contributed by atoms with E-state index >= 15 is 0 Å².